The van der Waals surface area contributed by atoms with Gasteiger partial charge in [-0.05, 0) is 66.9 Å². The number of hydrogen-bond acceptors (Lipinski definition) is 1. The summed E-state index contributed by atoms with van der Waals surface area (Å²) in [6, 6.07) is 37.1. The van der Waals surface area contributed by atoms with Gasteiger partial charge in [-0.25, -0.2) is 4.99 Å². The minimum atomic E-state index is 0.896. The van der Waals surface area contributed by atoms with E-state index in [0.717, 1.165) is 12.4 Å². The Morgan fingerprint density at radius 3 is 1.91 bits per heavy atom. The first-order valence-corrected chi connectivity index (χ1v) is 12.1. The maximum Gasteiger partial charge on any atom is 0.132 e. The molecule has 0 aliphatic carbocycles. The van der Waals surface area contributed by atoms with Gasteiger partial charge in [0, 0.05) is 41.0 Å². The molecule has 4 aromatic carbocycles. The third-order valence-corrected chi connectivity index (χ3v) is 6.69. The van der Waals surface area contributed by atoms with Gasteiger partial charge in [0.1, 0.15) is 5.82 Å². The van der Waals surface area contributed by atoms with Gasteiger partial charge in [-0.1, -0.05) is 66.7 Å². The van der Waals surface area contributed by atoms with Gasteiger partial charge in [-0.15, -0.1) is 0 Å². The van der Waals surface area contributed by atoms with E-state index in [4.69, 9.17) is 0 Å². The van der Waals surface area contributed by atoms with E-state index in [2.05, 4.69) is 130 Å². The number of para-hydroxylation sites is 2. The topological polar surface area (TPSA) is 22.2 Å². The third kappa shape index (κ3) is 3.66. The van der Waals surface area contributed by atoms with E-state index in [1.54, 1.807) is 0 Å². The van der Waals surface area contributed by atoms with Gasteiger partial charge in [0.25, 0.3) is 0 Å². The summed E-state index contributed by atoms with van der Waals surface area (Å²) in [5.74, 6) is 0.990. The summed E-state index contributed by atoms with van der Waals surface area (Å²) in [6.07, 6.45) is 4.04. The van der Waals surface area contributed by atoms with Crippen LogP contribution in [-0.2, 0) is 6.54 Å². The Morgan fingerprint density at radius 2 is 1.26 bits per heavy atom. The number of aliphatic imine (C=N–C) groups is 1. The summed E-state index contributed by atoms with van der Waals surface area (Å²) in [5.41, 5.74) is 8.41. The molecule has 0 atom stereocenters. The van der Waals surface area contributed by atoms with E-state index >= 15 is 0 Å². The van der Waals surface area contributed by atoms with Crippen LogP contribution in [0.1, 0.15) is 13.8 Å². The van der Waals surface area contributed by atoms with Crippen LogP contribution in [0.25, 0.3) is 49.7 Å². The summed E-state index contributed by atoms with van der Waals surface area (Å²) in [7, 11) is 0. The molecule has 170 valence electrons. The van der Waals surface area contributed by atoms with Crippen molar-refractivity contribution in [1.82, 2.24) is 9.13 Å². The molecule has 3 heteroatoms. The second-order valence-corrected chi connectivity index (χ2v) is 8.76. The lowest BCUT2D eigenvalue weighted by molar-refractivity contribution is 0.773. The van der Waals surface area contributed by atoms with Crippen molar-refractivity contribution in [3.8, 4) is 27.9 Å². The molecular formula is C32H27N3. The number of fused-ring (bicyclic) bond motifs is 3. The van der Waals surface area contributed by atoms with Crippen LogP contribution >= 0.6 is 0 Å². The van der Waals surface area contributed by atoms with Gasteiger partial charge in [-0.3, -0.25) is 0 Å². The Morgan fingerprint density at radius 1 is 0.657 bits per heavy atom. The quantitative estimate of drug-likeness (QED) is 0.233. The highest BCUT2D eigenvalue weighted by atomic mass is 15.1. The normalized spacial score (nSPS) is 11.7. The van der Waals surface area contributed by atoms with Crippen molar-refractivity contribution in [1.29, 1.82) is 0 Å². The van der Waals surface area contributed by atoms with Crippen LogP contribution in [0.2, 0.25) is 0 Å². The van der Waals surface area contributed by atoms with Crippen LogP contribution in [0.3, 0.4) is 0 Å². The monoisotopic (exact) mass is 453 g/mol. The molecule has 0 unspecified atom stereocenters. The first-order chi connectivity index (χ1) is 17.3. The molecule has 2 aromatic heterocycles. The summed E-state index contributed by atoms with van der Waals surface area (Å²) >= 11 is 0. The first kappa shape index (κ1) is 21.2. The summed E-state index contributed by atoms with van der Waals surface area (Å²) in [5, 5.41) is 2.56. The van der Waals surface area contributed by atoms with Gasteiger partial charge in [0.05, 0.1) is 11.0 Å². The molecule has 6 aromatic rings. The predicted molar refractivity (Wildman–Crippen MR) is 149 cm³/mol. The van der Waals surface area contributed by atoms with Gasteiger partial charge >= 0.3 is 0 Å². The summed E-state index contributed by atoms with van der Waals surface area (Å²) < 4.78 is 4.55. The molecule has 3 nitrogen and oxygen atoms in total. The average Bonchev–Trinajstić information content (AvgIpc) is 3.48. The van der Waals surface area contributed by atoms with Crippen molar-refractivity contribution in [2.75, 3.05) is 0 Å². The second kappa shape index (κ2) is 8.77. The number of benzene rings is 4. The van der Waals surface area contributed by atoms with Crippen LogP contribution in [0.15, 0.2) is 114 Å². The Bertz CT molecular complexity index is 1640. The SMILES string of the molecule is C/C=N\c1cc(-c2cccc(-c3cccc(-n4c5ccccc5c5ccccc54)c3)c2)cn1CC. The molecule has 2 heterocycles. The van der Waals surface area contributed by atoms with Crippen LogP contribution < -0.4 is 0 Å². The van der Waals surface area contributed by atoms with E-state index in [1.807, 2.05) is 13.1 Å². The lowest BCUT2D eigenvalue weighted by atomic mass is 10.00. The van der Waals surface area contributed by atoms with Gasteiger partial charge in [-0.2, -0.15) is 0 Å². The van der Waals surface area contributed by atoms with E-state index in [9.17, 15) is 0 Å². The fourth-order valence-corrected chi connectivity index (χ4v) is 5.05. The second-order valence-electron chi connectivity index (χ2n) is 8.76. The molecule has 0 aliphatic rings. The van der Waals surface area contributed by atoms with E-state index < -0.39 is 0 Å². The summed E-state index contributed by atoms with van der Waals surface area (Å²) in [4.78, 5) is 4.53. The van der Waals surface area contributed by atoms with Crippen molar-refractivity contribution >= 4 is 33.8 Å². The molecule has 0 saturated carbocycles. The number of rotatable bonds is 5. The number of nitrogens with zero attached hydrogens (tertiary/aromatic N) is 3. The molecule has 0 amide bonds. The predicted octanol–water partition coefficient (Wildman–Crippen LogP) is 8.66. The van der Waals surface area contributed by atoms with Crippen LogP contribution in [0.5, 0.6) is 0 Å². The Balaban J connectivity index is 1.46. The zero-order chi connectivity index (χ0) is 23.8. The highest BCUT2D eigenvalue weighted by Crippen LogP contribution is 2.34. The van der Waals surface area contributed by atoms with Gasteiger partial charge in [0.2, 0.25) is 0 Å². The molecular weight excluding hydrogens is 426 g/mol. The molecule has 0 saturated heterocycles. The molecule has 35 heavy (non-hydrogen) atoms. The average molecular weight is 454 g/mol. The Kier molecular flexibility index (Phi) is 5.31. The van der Waals surface area contributed by atoms with Gasteiger partial charge < -0.3 is 9.13 Å². The van der Waals surface area contributed by atoms with Crippen molar-refractivity contribution in [2.45, 2.75) is 20.4 Å². The Hall–Kier alpha value is -4.37. The minimum absolute atomic E-state index is 0.896. The van der Waals surface area contributed by atoms with E-state index in [1.165, 1.54) is 49.7 Å². The Labute approximate surface area is 205 Å². The highest BCUT2D eigenvalue weighted by molar-refractivity contribution is 6.09. The smallest absolute Gasteiger partial charge is 0.132 e. The first-order valence-electron chi connectivity index (χ1n) is 12.1. The van der Waals surface area contributed by atoms with Crippen molar-refractivity contribution in [3.63, 3.8) is 0 Å². The molecule has 0 bridgehead atoms. The number of hydrogen-bond donors (Lipinski definition) is 0. The fourth-order valence-electron chi connectivity index (χ4n) is 5.05. The molecule has 0 N–H and O–H groups in total. The van der Waals surface area contributed by atoms with Crippen LogP contribution in [-0.4, -0.2) is 15.3 Å². The maximum absolute atomic E-state index is 4.53. The lowest BCUT2D eigenvalue weighted by Gasteiger charge is -2.11. The fraction of sp³-hybridized carbons (Fsp3) is 0.0938. The standard InChI is InChI=1S/C32H27N3/c1-3-33-32-21-26(22-34(32)4-2)24-12-9-11-23(19-24)25-13-10-14-27(20-25)35-30-17-7-5-15-28(30)29-16-6-8-18-31(29)35/h3,5-22H,4H2,1-2H3/b33-3-. The number of aromatic nitrogens is 2. The molecule has 0 fully saturated rings. The molecule has 0 spiro atoms. The molecule has 0 aliphatic heterocycles. The third-order valence-electron chi connectivity index (χ3n) is 6.69. The van der Waals surface area contributed by atoms with Crippen molar-refractivity contribution in [3.05, 3.63) is 109 Å². The molecule has 0 radical (unpaired) electrons. The van der Waals surface area contributed by atoms with Crippen LogP contribution in [0.4, 0.5) is 5.82 Å². The zero-order valence-electron chi connectivity index (χ0n) is 20.0. The maximum atomic E-state index is 4.53. The summed E-state index contributed by atoms with van der Waals surface area (Å²) in [6.45, 7) is 5.00. The lowest BCUT2D eigenvalue weighted by Crippen LogP contribution is -1.94. The van der Waals surface area contributed by atoms with Crippen LogP contribution in [0, 0.1) is 0 Å². The van der Waals surface area contributed by atoms with Crippen molar-refractivity contribution in [2.24, 2.45) is 4.99 Å². The zero-order valence-corrected chi connectivity index (χ0v) is 20.0. The van der Waals surface area contributed by atoms with Crippen molar-refractivity contribution < 1.29 is 0 Å². The number of aryl methyl sites for hydroxylation is 1. The van der Waals surface area contributed by atoms with E-state index in [0.29, 0.717) is 0 Å². The van der Waals surface area contributed by atoms with E-state index in [-0.39, 0.29) is 0 Å². The minimum Gasteiger partial charge on any atom is -0.333 e. The van der Waals surface area contributed by atoms with Gasteiger partial charge in [0.15, 0.2) is 0 Å². The molecule has 6 rings (SSSR count). The largest absolute Gasteiger partial charge is 0.333 e. The highest BCUT2D eigenvalue weighted by Gasteiger charge is 2.12.